The Morgan fingerprint density at radius 2 is 1.73 bits per heavy atom. The second-order valence-corrected chi connectivity index (χ2v) is 8.82. The summed E-state index contributed by atoms with van der Waals surface area (Å²) >= 11 is 24.1. The number of aromatic nitrogens is 2. The van der Waals surface area contributed by atoms with Crippen molar-refractivity contribution in [3.63, 3.8) is 0 Å². The molecule has 0 aliphatic heterocycles. The molecule has 0 bridgehead atoms. The Bertz CT molecular complexity index is 1310. The number of nitrogens with zero attached hydrogens (tertiary/aromatic N) is 2. The molecule has 0 saturated heterocycles. The van der Waals surface area contributed by atoms with Crippen molar-refractivity contribution in [2.24, 2.45) is 0 Å². The highest BCUT2D eigenvalue weighted by molar-refractivity contribution is 6.42. The number of hydrogen-bond acceptors (Lipinski definition) is 3. The normalized spacial score (nSPS) is 10.8. The molecule has 0 saturated carbocycles. The summed E-state index contributed by atoms with van der Waals surface area (Å²) in [5, 5.41) is 9.14. The highest BCUT2D eigenvalue weighted by Crippen LogP contribution is 2.28. The highest BCUT2D eigenvalue weighted by Gasteiger charge is 2.10. The summed E-state index contributed by atoms with van der Waals surface area (Å²) in [6, 6.07) is 19.3. The maximum absolute atomic E-state index is 12.7. The van der Waals surface area contributed by atoms with Gasteiger partial charge < -0.3 is 10.1 Å². The van der Waals surface area contributed by atoms with E-state index in [0.29, 0.717) is 43.8 Å². The van der Waals surface area contributed by atoms with Gasteiger partial charge in [0, 0.05) is 22.8 Å². The maximum atomic E-state index is 12.7. The smallest absolute Gasteiger partial charge is 0.256 e. The quantitative estimate of drug-likeness (QED) is 0.276. The third kappa shape index (κ3) is 6.21. The minimum atomic E-state index is -0.277. The molecular weight excluding hydrogens is 504 g/mol. The molecule has 3 aromatic carbocycles. The van der Waals surface area contributed by atoms with E-state index < -0.39 is 0 Å². The molecule has 168 valence electrons. The fourth-order valence-electron chi connectivity index (χ4n) is 3.09. The third-order valence-corrected chi connectivity index (χ3v) is 5.96. The van der Waals surface area contributed by atoms with Crippen LogP contribution in [-0.2, 0) is 13.2 Å². The molecule has 0 aliphatic rings. The number of ether oxygens (including phenoxy) is 1. The van der Waals surface area contributed by atoms with E-state index in [-0.39, 0.29) is 12.5 Å². The number of amides is 1. The van der Waals surface area contributed by atoms with Crippen LogP contribution in [0.1, 0.15) is 21.5 Å². The first-order chi connectivity index (χ1) is 15.9. The predicted molar refractivity (Wildman–Crippen MR) is 133 cm³/mol. The van der Waals surface area contributed by atoms with Crippen LogP contribution >= 0.6 is 46.4 Å². The lowest BCUT2D eigenvalue weighted by molar-refractivity contribution is 0.102. The molecule has 0 fully saturated rings. The van der Waals surface area contributed by atoms with Crippen LogP contribution in [0.15, 0.2) is 72.9 Å². The van der Waals surface area contributed by atoms with Crippen LogP contribution < -0.4 is 10.1 Å². The van der Waals surface area contributed by atoms with Crippen molar-refractivity contribution >= 4 is 58.1 Å². The standard InChI is InChI=1S/C24H17Cl4N3O2/c25-18-5-7-22(21(28)12-18)33-14-16-2-1-3-17(10-16)24(32)29-23-8-9-31(30-23)13-15-4-6-19(26)20(27)11-15/h1-12H,13-14H2,(H,29,30,32). The van der Waals surface area contributed by atoms with E-state index in [1.807, 2.05) is 12.1 Å². The number of anilines is 1. The molecule has 1 amide bonds. The van der Waals surface area contributed by atoms with Gasteiger partial charge in [0.15, 0.2) is 5.82 Å². The molecule has 0 unspecified atom stereocenters. The molecule has 0 aliphatic carbocycles. The Balaban J connectivity index is 1.38. The monoisotopic (exact) mass is 519 g/mol. The lowest BCUT2D eigenvalue weighted by Gasteiger charge is -2.09. The molecule has 5 nitrogen and oxygen atoms in total. The fourth-order valence-corrected chi connectivity index (χ4v) is 3.87. The largest absolute Gasteiger partial charge is 0.487 e. The van der Waals surface area contributed by atoms with Crippen molar-refractivity contribution in [3.8, 4) is 5.75 Å². The van der Waals surface area contributed by atoms with E-state index >= 15 is 0 Å². The zero-order valence-electron chi connectivity index (χ0n) is 17.1. The summed E-state index contributed by atoms with van der Waals surface area (Å²) in [5.41, 5.74) is 2.25. The first-order valence-electron chi connectivity index (χ1n) is 9.83. The molecule has 1 N–H and O–H groups in total. The van der Waals surface area contributed by atoms with E-state index in [0.717, 1.165) is 11.1 Å². The summed E-state index contributed by atoms with van der Waals surface area (Å²) in [7, 11) is 0. The SMILES string of the molecule is O=C(Nc1ccn(Cc2ccc(Cl)c(Cl)c2)n1)c1cccc(COc2ccc(Cl)cc2Cl)c1. The van der Waals surface area contributed by atoms with Gasteiger partial charge in [0.05, 0.1) is 21.6 Å². The molecular formula is C24H17Cl4N3O2. The van der Waals surface area contributed by atoms with Crippen molar-refractivity contribution in [1.82, 2.24) is 9.78 Å². The fraction of sp³-hybridized carbons (Fsp3) is 0.0833. The minimum absolute atomic E-state index is 0.251. The Kier molecular flexibility index (Phi) is 7.46. The second kappa shape index (κ2) is 10.5. The lowest BCUT2D eigenvalue weighted by atomic mass is 10.1. The Labute approximate surface area is 210 Å². The van der Waals surface area contributed by atoms with E-state index in [1.54, 1.807) is 65.5 Å². The van der Waals surface area contributed by atoms with Gasteiger partial charge in [0.2, 0.25) is 0 Å². The number of nitrogens with one attached hydrogen (secondary N) is 1. The number of rotatable bonds is 7. The van der Waals surface area contributed by atoms with Crippen molar-refractivity contribution < 1.29 is 9.53 Å². The average molecular weight is 521 g/mol. The number of carbonyl (C=O) groups is 1. The van der Waals surface area contributed by atoms with Gasteiger partial charge in [-0.3, -0.25) is 9.48 Å². The number of hydrogen-bond donors (Lipinski definition) is 1. The highest BCUT2D eigenvalue weighted by atomic mass is 35.5. The summed E-state index contributed by atoms with van der Waals surface area (Å²) in [5.74, 6) is 0.680. The van der Waals surface area contributed by atoms with Gasteiger partial charge in [-0.05, 0) is 53.6 Å². The van der Waals surface area contributed by atoms with Crippen molar-refractivity contribution in [2.75, 3.05) is 5.32 Å². The molecule has 4 aromatic rings. The minimum Gasteiger partial charge on any atom is -0.487 e. The van der Waals surface area contributed by atoms with Crippen molar-refractivity contribution in [2.45, 2.75) is 13.2 Å². The molecule has 1 heterocycles. The van der Waals surface area contributed by atoms with Gasteiger partial charge >= 0.3 is 0 Å². The predicted octanol–water partition coefficient (Wildman–Crippen LogP) is 7.38. The van der Waals surface area contributed by atoms with Crippen LogP contribution in [0.4, 0.5) is 5.82 Å². The third-order valence-electron chi connectivity index (χ3n) is 4.69. The van der Waals surface area contributed by atoms with Gasteiger partial charge in [-0.1, -0.05) is 64.6 Å². The molecule has 0 spiro atoms. The second-order valence-electron chi connectivity index (χ2n) is 7.16. The molecule has 33 heavy (non-hydrogen) atoms. The molecule has 9 heteroatoms. The van der Waals surface area contributed by atoms with Crippen LogP contribution in [0.25, 0.3) is 0 Å². The van der Waals surface area contributed by atoms with Crippen molar-refractivity contribution in [1.29, 1.82) is 0 Å². The van der Waals surface area contributed by atoms with E-state index in [2.05, 4.69) is 10.4 Å². The number of halogens is 4. The Morgan fingerprint density at radius 3 is 2.52 bits per heavy atom. The van der Waals surface area contributed by atoms with E-state index in [9.17, 15) is 4.79 Å². The zero-order chi connectivity index (χ0) is 23.4. The van der Waals surface area contributed by atoms with Crippen LogP contribution in [0, 0.1) is 0 Å². The lowest BCUT2D eigenvalue weighted by Crippen LogP contribution is -2.13. The molecule has 1 aromatic heterocycles. The van der Waals surface area contributed by atoms with Crippen LogP contribution in [0.2, 0.25) is 20.1 Å². The summed E-state index contributed by atoms with van der Waals surface area (Å²) in [6.07, 6.45) is 1.78. The van der Waals surface area contributed by atoms with Crippen molar-refractivity contribution in [3.05, 3.63) is 110 Å². The summed E-state index contributed by atoms with van der Waals surface area (Å²) in [6.45, 7) is 0.744. The number of carbonyl (C=O) groups excluding carboxylic acids is 1. The van der Waals surface area contributed by atoms with Crippen LogP contribution in [0.3, 0.4) is 0 Å². The Morgan fingerprint density at radius 1 is 0.879 bits per heavy atom. The average Bonchev–Trinajstić information content (AvgIpc) is 3.22. The molecule has 0 radical (unpaired) electrons. The van der Waals surface area contributed by atoms with E-state index in [4.69, 9.17) is 51.1 Å². The first-order valence-corrected chi connectivity index (χ1v) is 11.3. The van der Waals surface area contributed by atoms with Crippen LogP contribution in [0.5, 0.6) is 5.75 Å². The summed E-state index contributed by atoms with van der Waals surface area (Å²) < 4.78 is 7.45. The maximum Gasteiger partial charge on any atom is 0.256 e. The Hall–Kier alpha value is -2.70. The molecule has 0 atom stereocenters. The zero-order valence-corrected chi connectivity index (χ0v) is 20.1. The van der Waals surface area contributed by atoms with Gasteiger partial charge in [0.25, 0.3) is 5.91 Å². The first kappa shape index (κ1) is 23.5. The van der Waals surface area contributed by atoms with E-state index in [1.165, 1.54) is 0 Å². The molecule has 4 rings (SSSR count). The van der Waals surface area contributed by atoms with Gasteiger partial charge in [0.1, 0.15) is 12.4 Å². The summed E-state index contributed by atoms with van der Waals surface area (Å²) in [4.78, 5) is 12.7. The number of benzene rings is 3. The van der Waals surface area contributed by atoms with Gasteiger partial charge in [-0.15, -0.1) is 0 Å². The van der Waals surface area contributed by atoms with Gasteiger partial charge in [-0.2, -0.15) is 5.10 Å². The topological polar surface area (TPSA) is 56.2 Å². The van der Waals surface area contributed by atoms with Gasteiger partial charge in [-0.25, -0.2) is 0 Å². The van der Waals surface area contributed by atoms with Crippen LogP contribution in [-0.4, -0.2) is 15.7 Å².